The molecular weight excluding hydrogens is 352 g/mol. The van der Waals surface area contributed by atoms with Gasteiger partial charge in [-0.3, -0.25) is 4.79 Å². The number of para-hydroxylation sites is 2. The number of anilines is 1. The molecule has 4 aromatic rings. The summed E-state index contributed by atoms with van der Waals surface area (Å²) in [5.74, 6) is 1.01. The molecule has 28 heavy (non-hydrogen) atoms. The molecule has 1 heterocycles. The van der Waals surface area contributed by atoms with Crippen molar-refractivity contribution in [1.29, 1.82) is 0 Å². The summed E-state index contributed by atoms with van der Waals surface area (Å²) in [5, 5.41) is 11.9. The van der Waals surface area contributed by atoms with E-state index in [1.54, 1.807) is 19.2 Å². The highest BCUT2D eigenvalue weighted by atomic mass is 16.4. The Morgan fingerprint density at radius 2 is 1.43 bits per heavy atom. The molecule has 0 unspecified atom stereocenters. The van der Waals surface area contributed by atoms with Gasteiger partial charge in [-0.15, -0.1) is 0 Å². The summed E-state index contributed by atoms with van der Waals surface area (Å²) in [6.07, 6.45) is 0.696. The van der Waals surface area contributed by atoms with Crippen LogP contribution in [0.4, 0.5) is 5.69 Å². The molecule has 0 radical (unpaired) electrons. The SMILES string of the molecule is CNc1ccccc1O.O=Cc1oc(-c2ccccc2)nc1-c1ccccc1. The number of nitrogens with zero attached hydrogens (tertiary/aromatic N) is 1. The van der Waals surface area contributed by atoms with Crippen LogP contribution in [-0.2, 0) is 0 Å². The standard InChI is InChI=1S/C16H11NO2.C7H9NO/c18-11-14-15(12-7-3-1-4-8-12)17-16(19-14)13-9-5-2-6-10-13;1-8-6-4-2-3-5-7(6)9/h1-11H;2-5,8-9H,1H3. The van der Waals surface area contributed by atoms with Crippen LogP contribution in [0.1, 0.15) is 10.6 Å². The number of nitrogens with one attached hydrogen (secondary N) is 1. The van der Waals surface area contributed by atoms with Crippen molar-refractivity contribution in [2.45, 2.75) is 0 Å². The van der Waals surface area contributed by atoms with Gasteiger partial charge in [0.15, 0.2) is 12.0 Å². The summed E-state index contributed by atoms with van der Waals surface area (Å²) in [5.41, 5.74) is 3.07. The largest absolute Gasteiger partial charge is 0.506 e. The number of carbonyl (C=O) groups is 1. The number of aromatic hydroxyl groups is 1. The van der Waals surface area contributed by atoms with Gasteiger partial charge in [0, 0.05) is 18.2 Å². The lowest BCUT2D eigenvalue weighted by Gasteiger charge is -1.99. The molecule has 5 nitrogen and oxygen atoms in total. The predicted molar refractivity (Wildman–Crippen MR) is 110 cm³/mol. The fourth-order valence-corrected chi connectivity index (χ4v) is 2.60. The molecule has 0 atom stereocenters. The molecule has 0 fully saturated rings. The Balaban J connectivity index is 0.000000211. The second kappa shape index (κ2) is 9.19. The third-order valence-electron chi connectivity index (χ3n) is 4.00. The monoisotopic (exact) mass is 372 g/mol. The molecule has 0 amide bonds. The van der Waals surface area contributed by atoms with E-state index in [0.717, 1.165) is 16.8 Å². The zero-order valence-electron chi connectivity index (χ0n) is 15.4. The van der Waals surface area contributed by atoms with Gasteiger partial charge in [-0.05, 0) is 24.3 Å². The second-order valence-corrected chi connectivity index (χ2v) is 5.85. The Labute approximate surface area is 163 Å². The number of oxazole rings is 1. The van der Waals surface area contributed by atoms with E-state index in [1.165, 1.54) is 0 Å². The van der Waals surface area contributed by atoms with Crippen LogP contribution in [0.5, 0.6) is 5.75 Å². The summed E-state index contributed by atoms with van der Waals surface area (Å²) in [6, 6.07) is 26.2. The highest BCUT2D eigenvalue weighted by Crippen LogP contribution is 2.27. The summed E-state index contributed by atoms with van der Waals surface area (Å²) in [6.45, 7) is 0. The highest BCUT2D eigenvalue weighted by Gasteiger charge is 2.15. The van der Waals surface area contributed by atoms with Crippen molar-refractivity contribution in [3.8, 4) is 28.5 Å². The number of benzene rings is 3. The maximum atomic E-state index is 11.1. The Kier molecular flexibility index (Phi) is 6.21. The zero-order valence-corrected chi connectivity index (χ0v) is 15.4. The van der Waals surface area contributed by atoms with Gasteiger partial charge in [-0.25, -0.2) is 4.98 Å². The third-order valence-corrected chi connectivity index (χ3v) is 4.00. The molecular formula is C23H20N2O3. The van der Waals surface area contributed by atoms with Gasteiger partial charge >= 0.3 is 0 Å². The molecule has 0 aliphatic heterocycles. The second-order valence-electron chi connectivity index (χ2n) is 5.85. The van der Waals surface area contributed by atoms with E-state index in [2.05, 4.69) is 10.3 Å². The van der Waals surface area contributed by atoms with Gasteiger partial charge in [0.2, 0.25) is 5.89 Å². The van der Waals surface area contributed by atoms with Crippen molar-refractivity contribution in [1.82, 2.24) is 4.98 Å². The Morgan fingerprint density at radius 1 is 0.857 bits per heavy atom. The summed E-state index contributed by atoms with van der Waals surface area (Å²) >= 11 is 0. The maximum absolute atomic E-state index is 11.1. The molecule has 3 aromatic carbocycles. The topological polar surface area (TPSA) is 75.4 Å². The van der Waals surface area contributed by atoms with Gasteiger partial charge in [-0.1, -0.05) is 60.7 Å². The fraction of sp³-hybridized carbons (Fsp3) is 0.0435. The minimum atomic E-state index is 0.255. The number of aldehydes is 1. The summed E-state index contributed by atoms with van der Waals surface area (Å²) < 4.78 is 5.53. The minimum Gasteiger partial charge on any atom is -0.506 e. The van der Waals surface area contributed by atoms with Gasteiger partial charge < -0.3 is 14.8 Å². The molecule has 1 aromatic heterocycles. The molecule has 4 rings (SSSR count). The van der Waals surface area contributed by atoms with Crippen LogP contribution in [0.15, 0.2) is 89.3 Å². The molecule has 0 aliphatic rings. The van der Waals surface area contributed by atoms with Crippen LogP contribution in [0, 0.1) is 0 Å². The smallest absolute Gasteiger partial charge is 0.227 e. The predicted octanol–water partition coefficient (Wildman–Crippen LogP) is 5.26. The van der Waals surface area contributed by atoms with E-state index >= 15 is 0 Å². The van der Waals surface area contributed by atoms with Gasteiger partial charge in [0.1, 0.15) is 11.4 Å². The van der Waals surface area contributed by atoms with Gasteiger partial charge in [-0.2, -0.15) is 0 Å². The Bertz CT molecular complexity index is 1030. The van der Waals surface area contributed by atoms with Gasteiger partial charge in [0.25, 0.3) is 0 Å². The van der Waals surface area contributed by atoms with Crippen LogP contribution < -0.4 is 5.32 Å². The number of phenols is 1. The normalized spacial score (nSPS) is 9.89. The van der Waals surface area contributed by atoms with E-state index < -0.39 is 0 Å². The van der Waals surface area contributed by atoms with E-state index in [1.807, 2.05) is 72.8 Å². The average Bonchev–Trinajstić information content (AvgIpc) is 3.20. The van der Waals surface area contributed by atoms with Crippen molar-refractivity contribution >= 4 is 12.0 Å². The van der Waals surface area contributed by atoms with Crippen LogP contribution in [0.25, 0.3) is 22.7 Å². The van der Waals surface area contributed by atoms with Crippen molar-refractivity contribution in [2.24, 2.45) is 0 Å². The Hall–Kier alpha value is -3.86. The van der Waals surface area contributed by atoms with Crippen LogP contribution in [0.2, 0.25) is 0 Å². The van der Waals surface area contributed by atoms with Crippen molar-refractivity contribution in [2.75, 3.05) is 12.4 Å². The first-order valence-electron chi connectivity index (χ1n) is 8.75. The maximum Gasteiger partial charge on any atom is 0.227 e. The molecule has 0 saturated heterocycles. The first-order chi connectivity index (χ1) is 13.7. The van der Waals surface area contributed by atoms with E-state index in [4.69, 9.17) is 9.52 Å². The Morgan fingerprint density at radius 3 is 1.96 bits per heavy atom. The first kappa shape index (κ1) is 18.9. The highest BCUT2D eigenvalue weighted by molar-refractivity contribution is 5.83. The van der Waals surface area contributed by atoms with Crippen LogP contribution >= 0.6 is 0 Å². The van der Waals surface area contributed by atoms with Crippen LogP contribution in [-0.4, -0.2) is 23.4 Å². The zero-order chi connectivity index (χ0) is 19.8. The molecule has 0 bridgehead atoms. The lowest BCUT2D eigenvalue weighted by molar-refractivity contribution is 0.110. The van der Waals surface area contributed by atoms with Crippen LogP contribution in [0.3, 0.4) is 0 Å². The number of carbonyl (C=O) groups excluding carboxylic acids is 1. The average molecular weight is 372 g/mol. The molecule has 5 heteroatoms. The number of phenolic OH excluding ortho intramolecular Hbond substituents is 1. The lowest BCUT2D eigenvalue weighted by atomic mass is 10.1. The number of rotatable bonds is 4. The summed E-state index contributed by atoms with van der Waals surface area (Å²) in [4.78, 5) is 15.5. The van der Waals surface area contributed by atoms with E-state index in [-0.39, 0.29) is 5.76 Å². The van der Waals surface area contributed by atoms with Crippen molar-refractivity contribution < 1.29 is 14.3 Å². The molecule has 0 saturated carbocycles. The molecule has 0 aliphatic carbocycles. The molecule has 2 N–H and O–H groups in total. The van der Waals surface area contributed by atoms with Crippen molar-refractivity contribution in [3.05, 3.63) is 90.7 Å². The van der Waals surface area contributed by atoms with E-state index in [0.29, 0.717) is 23.6 Å². The number of hydrogen-bond acceptors (Lipinski definition) is 5. The third kappa shape index (κ3) is 4.45. The summed E-state index contributed by atoms with van der Waals surface area (Å²) in [7, 11) is 1.77. The number of hydrogen-bond donors (Lipinski definition) is 2. The minimum absolute atomic E-state index is 0.255. The quantitative estimate of drug-likeness (QED) is 0.378. The van der Waals surface area contributed by atoms with Gasteiger partial charge in [0.05, 0.1) is 5.69 Å². The van der Waals surface area contributed by atoms with Crippen molar-refractivity contribution in [3.63, 3.8) is 0 Å². The number of aromatic nitrogens is 1. The molecule has 0 spiro atoms. The van der Waals surface area contributed by atoms with E-state index in [9.17, 15) is 4.79 Å². The molecule has 140 valence electrons. The lowest BCUT2D eigenvalue weighted by Crippen LogP contribution is -1.86. The fourth-order valence-electron chi connectivity index (χ4n) is 2.60. The first-order valence-corrected chi connectivity index (χ1v) is 8.75.